The molecule has 1 aromatic heterocycles. The number of hydrogen-bond donors (Lipinski definition) is 1. The van der Waals surface area contributed by atoms with Gasteiger partial charge in [0.05, 0.1) is 7.11 Å². The minimum Gasteiger partial charge on any atom is -0.479 e. The molecule has 1 saturated heterocycles. The Balaban J connectivity index is 1.32. The first-order chi connectivity index (χ1) is 15.1. The van der Waals surface area contributed by atoms with Gasteiger partial charge in [-0.25, -0.2) is 19.5 Å². The van der Waals surface area contributed by atoms with Crippen molar-refractivity contribution in [1.29, 1.82) is 0 Å². The smallest absolute Gasteiger partial charge is 0.412 e. The van der Waals surface area contributed by atoms with E-state index >= 15 is 0 Å². The molecule has 0 aliphatic carbocycles. The minimum atomic E-state index is -0.957. The molecule has 0 radical (unpaired) electrons. The van der Waals surface area contributed by atoms with Gasteiger partial charge in [-0.05, 0) is 23.7 Å². The first kappa shape index (κ1) is 21.2. The van der Waals surface area contributed by atoms with Crippen LogP contribution in [0.2, 0.25) is 0 Å². The summed E-state index contributed by atoms with van der Waals surface area (Å²) in [6.07, 6.45) is 1.80. The van der Waals surface area contributed by atoms with Crippen molar-refractivity contribution in [3.05, 3.63) is 42.2 Å². The third kappa shape index (κ3) is 4.67. The van der Waals surface area contributed by atoms with Gasteiger partial charge in [-0.15, -0.1) is 0 Å². The van der Waals surface area contributed by atoms with Crippen LogP contribution in [0.4, 0.5) is 15.3 Å². The molecule has 0 saturated carbocycles. The van der Waals surface area contributed by atoms with Gasteiger partial charge in [-0.3, -0.25) is 4.90 Å². The van der Waals surface area contributed by atoms with E-state index in [1.54, 1.807) is 4.90 Å². The number of thioether (sulfide) groups is 1. The number of fused-ring (bicyclic) bond motifs is 1. The van der Waals surface area contributed by atoms with Crippen LogP contribution < -0.4 is 15.4 Å². The summed E-state index contributed by atoms with van der Waals surface area (Å²) in [5.41, 5.74) is 6.18. The average molecular weight is 445 g/mol. The zero-order valence-corrected chi connectivity index (χ0v) is 18.0. The van der Waals surface area contributed by atoms with E-state index in [0.29, 0.717) is 23.8 Å². The number of nitrogens with two attached hydrogens (primary N) is 1. The third-order valence-corrected chi connectivity index (χ3v) is 6.27. The molecule has 164 valence electrons. The lowest BCUT2D eigenvalue weighted by molar-refractivity contribution is 0.0708. The maximum absolute atomic E-state index is 12.7. The van der Waals surface area contributed by atoms with Gasteiger partial charge in [0.1, 0.15) is 17.0 Å². The Kier molecular flexibility index (Phi) is 6.42. The van der Waals surface area contributed by atoms with Crippen molar-refractivity contribution in [2.24, 2.45) is 5.73 Å². The highest BCUT2D eigenvalue weighted by Crippen LogP contribution is 2.46. The number of anilines is 1. The largest absolute Gasteiger partial charge is 0.479 e. The molecule has 3 amide bonds. The number of piperazine rings is 1. The van der Waals surface area contributed by atoms with Gasteiger partial charge < -0.3 is 20.1 Å². The van der Waals surface area contributed by atoms with Crippen LogP contribution in [0.3, 0.4) is 0 Å². The quantitative estimate of drug-likeness (QED) is 0.694. The predicted molar refractivity (Wildman–Crippen MR) is 115 cm³/mol. The zero-order chi connectivity index (χ0) is 21.8. The number of ether oxygens (including phenoxy) is 2. The predicted octanol–water partition coefficient (Wildman–Crippen LogP) is 1.76. The van der Waals surface area contributed by atoms with Crippen LogP contribution in [0.15, 0.2) is 41.7 Å². The normalized spacial score (nSPS) is 18.5. The van der Waals surface area contributed by atoms with Crippen molar-refractivity contribution < 1.29 is 19.1 Å². The molecule has 2 aromatic rings. The average Bonchev–Trinajstić information content (AvgIpc) is 3.17. The second-order valence-electron chi connectivity index (χ2n) is 7.12. The van der Waals surface area contributed by atoms with E-state index < -0.39 is 17.7 Å². The molecule has 11 heteroatoms. The fraction of sp³-hybridized carbons (Fsp3) is 0.400. The fourth-order valence-corrected chi connectivity index (χ4v) is 4.62. The summed E-state index contributed by atoms with van der Waals surface area (Å²) in [5, 5.41) is 0.467. The van der Waals surface area contributed by atoms with Gasteiger partial charge in [0, 0.05) is 32.7 Å². The number of benzene rings is 1. The Labute approximate surface area is 184 Å². The molecule has 1 atom stereocenters. The molecule has 1 aromatic carbocycles. The molecule has 4 rings (SSSR count). The standard InChI is InChI=1S/C20H24N6O4S/c1-29-16-15-17(23-13-22-16)31-20(26(15)18(21)27)30-19(28)25-11-9-24(10-12-25)8-7-14-5-3-2-4-6-14/h2-6,13,20H,7-12H2,1H3,(H2,21,27). The maximum Gasteiger partial charge on any atom is 0.412 e. The Morgan fingerprint density at radius 2 is 1.90 bits per heavy atom. The van der Waals surface area contributed by atoms with Crippen molar-refractivity contribution in [3.63, 3.8) is 0 Å². The number of methoxy groups -OCH3 is 1. The zero-order valence-electron chi connectivity index (χ0n) is 17.1. The van der Waals surface area contributed by atoms with Crippen LogP contribution in [0.1, 0.15) is 5.56 Å². The molecule has 31 heavy (non-hydrogen) atoms. The molecule has 1 fully saturated rings. The van der Waals surface area contributed by atoms with Gasteiger partial charge in [0.25, 0.3) is 0 Å². The van der Waals surface area contributed by atoms with Crippen LogP contribution in [0.5, 0.6) is 5.88 Å². The molecule has 0 spiro atoms. The number of nitrogens with zero attached hydrogens (tertiary/aromatic N) is 5. The molecule has 3 heterocycles. The van der Waals surface area contributed by atoms with Crippen LogP contribution in [-0.4, -0.2) is 77.3 Å². The van der Waals surface area contributed by atoms with E-state index in [1.165, 1.54) is 19.0 Å². The van der Waals surface area contributed by atoms with Gasteiger partial charge in [0.2, 0.25) is 11.4 Å². The summed E-state index contributed by atoms with van der Waals surface area (Å²) in [6.45, 7) is 3.57. The second-order valence-corrected chi connectivity index (χ2v) is 8.14. The van der Waals surface area contributed by atoms with E-state index in [-0.39, 0.29) is 5.88 Å². The highest BCUT2D eigenvalue weighted by Gasteiger charge is 2.41. The van der Waals surface area contributed by atoms with Crippen molar-refractivity contribution in [2.75, 3.05) is 44.7 Å². The van der Waals surface area contributed by atoms with Crippen LogP contribution >= 0.6 is 11.8 Å². The number of carbonyl (C=O) groups is 2. The van der Waals surface area contributed by atoms with E-state index in [4.69, 9.17) is 15.2 Å². The summed E-state index contributed by atoms with van der Waals surface area (Å²) in [5.74, 6) is 0.196. The molecular weight excluding hydrogens is 420 g/mol. The van der Waals surface area contributed by atoms with E-state index in [9.17, 15) is 9.59 Å². The minimum absolute atomic E-state index is 0.196. The number of primary amides is 1. The number of rotatable bonds is 5. The summed E-state index contributed by atoms with van der Waals surface area (Å²) in [7, 11) is 1.43. The number of hydrogen-bond acceptors (Lipinski definition) is 8. The van der Waals surface area contributed by atoms with Crippen molar-refractivity contribution in [3.8, 4) is 5.88 Å². The molecule has 2 aliphatic rings. The molecule has 2 aliphatic heterocycles. The Hall–Kier alpha value is -3.05. The molecule has 2 N–H and O–H groups in total. The Morgan fingerprint density at radius 3 is 2.58 bits per heavy atom. The Bertz CT molecular complexity index is 939. The fourth-order valence-electron chi connectivity index (χ4n) is 3.58. The van der Waals surface area contributed by atoms with Gasteiger partial charge in [-0.2, -0.15) is 4.98 Å². The Morgan fingerprint density at radius 1 is 1.16 bits per heavy atom. The number of carbonyl (C=O) groups excluding carboxylic acids is 2. The number of aromatic nitrogens is 2. The summed E-state index contributed by atoms with van der Waals surface area (Å²) >= 11 is 1.11. The highest BCUT2D eigenvalue weighted by atomic mass is 32.2. The van der Waals surface area contributed by atoms with Crippen molar-refractivity contribution in [1.82, 2.24) is 19.8 Å². The molecule has 1 unspecified atom stereocenters. The van der Waals surface area contributed by atoms with Gasteiger partial charge in [0.15, 0.2) is 0 Å². The number of amides is 3. The van der Waals surface area contributed by atoms with Crippen LogP contribution in [-0.2, 0) is 11.2 Å². The van der Waals surface area contributed by atoms with E-state index in [1.807, 2.05) is 18.2 Å². The summed E-state index contributed by atoms with van der Waals surface area (Å²) < 4.78 is 10.8. The first-order valence-corrected chi connectivity index (χ1v) is 10.8. The highest BCUT2D eigenvalue weighted by molar-refractivity contribution is 8.00. The van der Waals surface area contributed by atoms with Gasteiger partial charge in [-0.1, -0.05) is 30.3 Å². The van der Waals surface area contributed by atoms with Crippen molar-refractivity contribution >= 4 is 29.6 Å². The second kappa shape index (κ2) is 9.40. The van der Waals surface area contributed by atoms with E-state index in [0.717, 1.165) is 42.7 Å². The van der Waals surface area contributed by atoms with Crippen LogP contribution in [0, 0.1) is 0 Å². The third-order valence-electron chi connectivity index (χ3n) is 5.24. The van der Waals surface area contributed by atoms with Crippen LogP contribution in [0.25, 0.3) is 0 Å². The first-order valence-electron chi connectivity index (χ1n) is 9.93. The van der Waals surface area contributed by atoms with Gasteiger partial charge >= 0.3 is 12.1 Å². The topological polar surface area (TPSA) is 114 Å². The van der Waals surface area contributed by atoms with E-state index in [2.05, 4.69) is 27.0 Å². The molecule has 0 bridgehead atoms. The SMILES string of the molecule is COc1ncnc2c1N(C(N)=O)C(OC(=O)N1CCN(CCc3ccccc3)CC1)S2. The lowest BCUT2D eigenvalue weighted by atomic mass is 10.1. The lowest BCUT2D eigenvalue weighted by Crippen LogP contribution is -2.51. The maximum atomic E-state index is 12.7. The number of urea groups is 1. The summed E-state index contributed by atoms with van der Waals surface area (Å²) in [6, 6.07) is 9.56. The lowest BCUT2D eigenvalue weighted by Gasteiger charge is -2.35. The van der Waals surface area contributed by atoms with Crippen molar-refractivity contribution in [2.45, 2.75) is 17.0 Å². The molecular formula is C20H24N6O4S. The molecule has 10 nitrogen and oxygen atoms in total. The monoisotopic (exact) mass is 444 g/mol. The summed E-state index contributed by atoms with van der Waals surface area (Å²) in [4.78, 5) is 38.0.